The van der Waals surface area contributed by atoms with Crippen LogP contribution in [0.25, 0.3) is 0 Å². The molecule has 7 heteroatoms. The smallest absolute Gasteiger partial charge is 0.251 e. The van der Waals surface area contributed by atoms with Crippen LogP contribution in [0, 0.1) is 0 Å². The van der Waals surface area contributed by atoms with Gasteiger partial charge in [0.1, 0.15) is 0 Å². The average molecular weight is 326 g/mol. The molecule has 1 aromatic rings. The van der Waals surface area contributed by atoms with E-state index >= 15 is 0 Å². The molecule has 0 bridgehead atoms. The second-order valence-corrected chi connectivity index (χ2v) is 4.99. The molecule has 0 atom stereocenters. The first-order valence-corrected chi connectivity index (χ1v) is 7.44. The lowest BCUT2D eigenvalue weighted by Gasteiger charge is -2.20. The number of nitrogens with one attached hydrogen (secondary N) is 2. The number of halogens is 1. The molecule has 22 heavy (non-hydrogen) atoms. The summed E-state index contributed by atoms with van der Waals surface area (Å²) in [5.74, 6) is -0.923. The van der Waals surface area contributed by atoms with Crippen LogP contribution in [-0.2, 0) is 9.59 Å². The van der Waals surface area contributed by atoms with Gasteiger partial charge in [-0.1, -0.05) is 17.7 Å². The lowest BCUT2D eigenvalue weighted by molar-refractivity contribution is -0.135. The summed E-state index contributed by atoms with van der Waals surface area (Å²) in [4.78, 5) is 36.8. The quantitative estimate of drug-likeness (QED) is 0.786. The van der Waals surface area contributed by atoms with Gasteiger partial charge in [0.15, 0.2) is 0 Å². The van der Waals surface area contributed by atoms with E-state index in [0.29, 0.717) is 23.7 Å². The molecule has 0 aliphatic heterocycles. The van der Waals surface area contributed by atoms with E-state index in [2.05, 4.69) is 10.6 Å². The maximum absolute atomic E-state index is 12.0. The number of hydrogen-bond acceptors (Lipinski definition) is 3. The summed E-state index contributed by atoms with van der Waals surface area (Å²) in [5.41, 5.74) is 0.382. The summed E-state index contributed by atoms with van der Waals surface area (Å²) in [6, 6.07) is 6.45. The first-order chi connectivity index (χ1) is 10.5. The lowest BCUT2D eigenvalue weighted by Crippen LogP contribution is -2.45. The molecule has 2 N–H and O–H groups in total. The van der Waals surface area contributed by atoms with Crippen LogP contribution >= 0.6 is 11.6 Å². The standard InChI is InChI=1S/C15H20ClN3O3/c1-3-17-13(20)10-19(4-2)14(21)9-18-15(22)11-6-5-7-12(16)8-11/h5-8H,3-4,9-10H2,1-2H3,(H,17,20)(H,18,22). The van der Waals surface area contributed by atoms with Crippen LogP contribution in [0.2, 0.25) is 5.02 Å². The fraction of sp³-hybridized carbons (Fsp3) is 0.400. The van der Waals surface area contributed by atoms with Crippen LogP contribution in [0.4, 0.5) is 0 Å². The Morgan fingerprint density at radius 1 is 1.18 bits per heavy atom. The van der Waals surface area contributed by atoms with Crippen LogP contribution in [0.5, 0.6) is 0 Å². The highest BCUT2D eigenvalue weighted by atomic mass is 35.5. The summed E-state index contributed by atoms with van der Waals surface area (Å²) in [7, 11) is 0. The molecule has 0 radical (unpaired) electrons. The van der Waals surface area contributed by atoms with Crippen LogP contribution in [0.3, 0.4) is 0 Å². The summed E-state index contributed by atoms with van der Waals surface area (Å²) in [6.45, 7) is 4.30. The van der Waals surface area contributed by atoms with Crippen molar-refractivity contribution in [3.63, 3.8) is 0 Å². The molecule has 1 rings (SSSR count). The maximum atomic E-state index is 12.0. The molecule has 6 nitrogen and oxygen atoms in total. The number of carbonyl (C=O) groups excluding carboxylic acids is 3. The zero-order chi connectivity index (χ0) is 16.5. The Balaban J connectivity index is 2.53. The minimum Gasteiger partial charge on any atom is -0.355 e. The van der Waals surface area contributed by atoms with E-state index < -0.39 is 0 Å². The van der Waals surface area contributed by atoms with Crippen LogP contribution in [0.1, 0.15) is 24.2 Å². The minimum absolute atomic E-state index is 0.0176. The summed E-state index contributed by atoms with van der Waals surface area (Å²) < 4.78 is 0. The Bertz CT molecular complexity index is 549. The number of rotatable bonds is 7. The molecule has 0 aromatic heterocycles. The number of hydrogen-bond donors (Lipinski definition) is 2. The van der Waals surface area contributed by atoms with Crippen molar-refractivity contribution in [1.82, 2.24) is 15.5 Å². The van der Waals surface area contributed by atoms with Crippen molar-refractivity contribution in [2.75, 3.05) is 26.2 Å². The maximum Gasteiger partial charge on any atom is 0.251 e. The highest BCUT2D eigenvalue weighted by Crippen LogP contribution is 2.10. The lowest BCUT2D eigenvalue weighted by atomic mass is 10.2. The Labute approximate surface area is 134 Å². The highest BCUT2D eigenvalue weighted by Gasteiger charge is 2.16. The highest BCUT2D eigenvalue weighted by molar-refractivity contribution is 6.30. The van der Waals surface area contributed by atoms with Crippen LogP contribution in [0.15, 0.2) is 24.3 Å². The molecule has 0 spiro atoms. The molecule has 0 saturated heterocycles. The molecular weight excluding hydrogens is 306 g/mol. The van der Waals surface area contributed by atoms with E-state index in [9.17, 15) is 14.4 Å². The van der Waals surface area contributed by atoms with Gasteiger partial charge >= 0.3 is 0 Å². The van der Waals surface area contributed by atoms with E-state index in [1.807, 2.05) is 0 Å². The van der Waals surface area contributed by atoms with Crippen molar-refractivity contribution in [1.29, 1.82) is 0 Å². The van der Waals surface area contributed by atoms with E-state index in [1.54, 1.807) is 32.0 Å². The monoisotopic (exact) mass is 325 g/mol. The van der Waals surface area contributed by atoms with Crippen molar-refractivity contribution in [2.24, 2.45) is 0 Å². The number of likely N-dealkylation sites (N-methyl/N-ethyl adjacent to an activating group) is 2. The van der Waals surface area contributed by atoms with Crippen LogP contribution in [-0.4, -0.2) is 48.8 Å². The second kappa shape index (κ2) is 9.04. The van der Waals surface area contributed by atoms with Gasteiger partial charge < -0.3 is 15.5 Å². The van der Waals surface area contributed by atoms with E-state index in [0.717, 1.165) is 0 Å². The Morgan fingerprint density at radius 3 is 2.50 bits per heavy atom. The van der Waals surface area contributed by atoms with Crippen molar-refractivity contribution in [2.45, 2.75) is 13.8 Å². The molecule has 0 heterocycles. The van der Waals surface area contributed by atoms with Crippen molar-refractivity contribution in [3.05, 3.63) is 34.9 Å². The topological polar surface area (TPSA) is 78.5 Å². The number of amides is 3. The number of carbonyl (C=O) groups is 3. The van der Waals surface area contributed by atoms with Gasteiger partial charge in [0.05, 0.1) is 13.1 Å². The molecule has 3 amide bonds. The SMILES string of the molecule is CCNC(=O)CN(CC)C(=O)CNC(=O)c1cccc(Cl)c1. The number of benzene rings is 1. The van der Waals surface area contributed by atoms with Gasteiger partial charge in [-0.2, -0.15) is 0 Å². The summed E-state index contributed by atoms with van der Waals surface area (Å²) >= 11 is 5.81. The first-order valence-electron chi connectivity index (χ1n) is 7.06. The van der Waals surface area contributed by atoms with Gasteiger partial charge in [-0.25, -0.2) is 0 Å². The first kappa shape index (κ1) is 18.0. The molecule has 120 valence electrons. The van der Waals surface area contributed by atoms with Crippen molar-refractivity contribution >= 4 is 29.3 Å². The van der Waals surface area contributed by atoms with Gasteiger partial charge in [0.25, 0.3) is 5.91 Å². The van der Waals surface area contributed by atoms with Gasteiger partial charge in [-0.05, 0) is 32.0 Å². The fourth-order valence-electron chi connectivity index (χ4n) is 1.80. The fourth-order valence-corrected chi connectivity index (χ4v) is 1.99. The van der Waals surface area contributed by atoms with E-state index in [-0.39, 0.29) is 30.8 Å². The van der Waals surface area contributed by atoms with E-state index in [1.165, 1.54) is 11.0 Å². The molecule has 0 unspecified atom stereocenters. The molecule has 0 aliphatic rings. The third-order valence-corrected chi connectivity index (χ3v) is 3.16. The molecule has 0 aliphatic carbocycles. The predicted octanol–water partition coefficient (Wildman–Crippen LogP) is 1.05. The van der Waals surface area contributed by atoms with Gasteiger partial charge in [-0.15, -0.1) is 0 Å². The van der Waals surface area contributed by atoms with Crippen molar-refractivity contribution in [3.8, 4) is 0 Å². The number of nitrogens with zero attached hydrogens (tertiary/aromatic N) is 1. The Morgan fingerprint density at radius 2 is 1.91 bits per heavy atom. The minimum atomic E-state index is -0.384. The Hall–Kier alpha value is -2.08. The Kier molecular flexibility index (Phi) is 7.39. The largest absolute Gasteiger partial charge is 0.355 e. The molecule has 0 saturated carbocycles. The molecule has 0 fully saturated rings. The average Bonchev–Trinajstić information content (AvgIpc) is 2.50. The normalized spacial score (nSPS) is 9.95. The third-order valence-electron chi connectivity index (χ3n) is 2.93. The van der Waals surface area contributed by atoms with Gasteiger partial charge in [-0.3, -0.25) is 14.4 Å². The zero-order valence-corrected chi connectivity index (χ0v) is 13.4. The van der Waals surface area contributed by atoms with Gasteiger partial charge in [0, 0.05) is 23.7 Å². The van der Waals surface area contributed by atoms with Gasteiger partial charge in [0.2, 0.25) is 11.8 Å². The third kappa shape index (κ3) is 5.73. The summed E-state index contributed by atoms with van der Waals surface area (Å²) in [5, 5.41) is 5.60. The second-order valence-electron chi connectivity index (χ2n) is 4.55. The molecular formula is C15H20ClN3O3. The zero-order valence-electron chi connectivity index (χ0n) is 12.7. The van der Waals surface area contributed by atoms with Crippen LogP contribution < -0.4 is 10.6 Å². The van der Waals surface area contributed by atoms with Crippen molar-refractivity contribution < 1.29 is 14.4 Å². The summed E-state index contributed by atoms with van der Waals surface area (Å²) in [6.07, 6.45) is 0. The predicted molar refractivity (Wildman–Crippen MR) is 84.7 cm³/mol. The molecule has 1 aromatic carbocycles. The van der Waals surface area contributed by atoms with E-state index in [4.69, 9.17) is 11.6 Å².